The number of rotatable bonds is 7. The molecule has 0 unspecified atom stereocenters. The first-order valence-corrected chi connectivity index (χ1v) is 6.37. The SMILES string of the molecule is COc1cc(C)c(CCN(C)CC(C)=O)c(OC)c1. The second-order valence-corrected chi connectivity index (χ2v) is 4.81. The van der Waals surface area contributed by atoms with E-state index in [0.717, 1.165) is 30.0 Å². The molecule has 106 valence electrons. The van der Waals surface area contributed by atoms with Gasteiger partial charge in [-0.1, -0.05) is 0 Å². The number of methoxy groups -OCH3 is 2. The fraction of sp³-hybridized carbons (Fsp3) is 0.533. The third-order valence-electron chi connectivity index (χ3n) is 3.10. The van der Waals surface area contributed by atoms with Crippen molar-refractivity contribution < 1.29 is 14.3 Å². The van der Waals surface area contributed by atoms with Crippen LogP contribution in [0.3, 0.4) is 0 Å². The van der Waals surface area contributed by atoms with E-state index in [1.807, 2.05) is 31.0 Å². The van der Waals surface area contributed by atoms with Crippen LogP contribution >= 0.6 is 0 Å². The highest BCUT2D eigenvalue weighted by Crippen LogP contribution is 2.28. The molecule has 1 aromatic carbocycles. The number of carbonyl (C=O) groups excluding carboxylic acids is 1. The molecule has 1 aromatic rings. The molecule has 0 saturated carbocycles. The quantitative estimate of drug-likeness (QED) is 0.756. The number of carbonyl (C=O) groups is 1. The summed E-state index contributed by atoms with van der Waals surface area (Å²) in [5.41, 5.74) is 2.31. The average Bonchev–Trinajstić information content (AvgIpc) is 2.35. The Balaban J connectivity index is 2.80. The number of likely N-dealkylation sites (N-methyl/N-ethyl adjacent to an activating group) is 1. The molecule has 0 bridgehead atoms. The Bertz CT molecular complexity index is 443. The minimum Gasteiger partial charge on any atom is -0.497 e. The Kier molecular flexibility index (Phi) is 5.83. The number of nitrogens with zero attached hydrogens (tertiary/aromatic N) is 1. The highest BCUT2D eigenvalue weighted by Gasteiger charge is 2.11. The van der Waals surface area contributed by atoms with Gasteiger partial charge < -0.3 is 9.47 Å². The highest BCUT2D eigenvalue weighted by atomic mass is 16.5. The summed E-state index contributed by atoms with van der Waals surface area (Å²) in [6, 6.07) is 3.90. The number of benzene rings is 1. The van der Waals surface area contributed by atoms with Crippen LogP contribution in [0.5, 0.6) is 11.5 Å². The molecule has 0 N–H and O–H groups in total. The second kappa shape index (κ2) is 7.14. The predicted octanol–water partition coefficient (Wildman–Crippen LogP) is 2.08. The fourth-order valence-electron chi connectivity index (χ4n) is 2.13. The van der Waals surface area contributed by atoms with Crippen LogP contribution in [-0.4, -0.2) is 45.0 Å². The third kappa shape index (κ3) is 4.56. The standard InChI is InChI=1S/C15H23NO3/c1-11-8-13(18-4)9-15(19-5)14(11)6-7-16(3)10-12(2)17/h8-9H,6-7,10H2,1-5H3. The molecule has 0 radical (unpaired) electrons. The van der Waals surface area contributed by atoms with Crippen LogP contribution in [-0.2, 0) is 11.2 Å². The summed E-state index contributed by atoms with van der Waals surface area (Å²) in [6.45, 7) is 4.96. The van der Waals surface area contributed by atoms with Gasteiger partial charge in [-0.2, -0.15) is 0 Å². The van der Waals surface area contributed by atoms with Crippen LogP contribution in [0, 0.1) is 6.92 Å². The molecular weight excluding hydrogens is 242 g/mol. The van der Waals surface area contributed by atoms with Gasteiger partial charge in [-0.15, -0.1) is 0 Å². The molecule has 0 aliphatic rings. The molecule has 0 aromatic heterocycles. The van der Waals surface area contributed by atoms with Gasteiger partial charge in [0.2, 0.25) is 0 Å². The lowest BCUT2D eigenvalue weighted by molar-refractivity contribution is -0.117. The lowest BCUT2D eigenvalue weighted by Gasteiger charge is -2.18. The van der Waals surface area contributed by atoms with Crippen molar-refractivity contribution in [2.45, 2.75) is 20.3 Å². The number of ketones is 1. The smallest absolute Gasteiger partial charge is 0.143 e. The molecule has 19 heavy (non-hydrogen) atoms. The van der Waals surface area contributed by atoms with Gasteiger partial charge in [0, 0.05) is 12.6 Å². The van der Waals surface area contributed by atoms with E-state index >= 15 is 0 Å². The molecule has 0 heterocycles. The molecule has 0 atom stereocenters. The zero-order valence-electron chi connectivity index (χ0n) is 12.4. The van der Waals surface area contributed by atoms with E-state index in [1.165, 1.54) is 5.56 Å². The van der Waals surface area contributed by atoms with Crippen LogP contribution in [0.4, 0.5) is 0 Å². The van der Waals surface area contributed by atoms with E-state index in [9.17, 15) is 4.79 Å². The van der Waals surface area contributed by atoms with Crippen LogP contribution in [0.25, 0.3) is 0 Å². The molecular formula is C15H23NO3. The maximum absolute atomic E-state index is 11.1. The molecule has 0 aliphatic heterocycles. The van der Waals surface area contributed by atoms with E-state index in [0.29, 0.717) is 6.54 Å². The van der Waals surface area contributed by atoms with Crippen molar-refractivity contribution in [3.8, 4) is 11.5 Å². The molecule has 4 nitrogen and oxygen atoms in total. The Morgan fingerprint density at radius 1 is 1.26 bits per heavy atom. The molecule has 0 amide bonds. The number of hydrogen-bond acceptors (Lipinski definition) is 4. The summed E-state index contributed by atoms with van der Waals surface area (Å²) in [5.74, 6) is 1.82. The molecule has 1 rings (SSSR count). The second-order valence-electron chi connectivity index (χ2n) is 4.81. The molecule has 0 saturated heterocycles. The van der Waals surface area contributed by atoms with Gasteiger partial charge >= 0.3 is 0 Å². The van der Waals surface area contributed by atoms with Crippen molar-refractivity contribution in [1.29, 1.82) is 0 Å². The van der Waals surface area contributed by atoms with E-state index in [-0.39, 0.29) is 5.78 Å². The van der Waals surface area contributed by atoms with Gasteiger partial charge in [-0.25, -0.2) is 0 Å². The molecule has 0 aliphatic carbocycles. The lowest BCUT2D eigenvalue weighted by Crippen LogP contribution is -2.26. The molecule has 4 heteroatoms. The highest BCUT2D eigenvalue weighted by molar-refractivity contribution is 5.77. The van der Waals surface area contributed by atoms with Crippen LogP contribution < -0.4 is 9.47 Å². The Morgan fingerprint density at radius 2 is 1.95 bits per heavy atom. The normalized spacial score (nSPS) is 10.6. The fourth-order valence-corrected chi connectivity index (χ4v) is 2.13. The van der Waals surface area contributed by atoms with Gasteiger partial charge in [0.15, 0.2) is 0 Å². The summed E-state index contributed by atoms with van der Waals surface area (Å²) < 4.78 is 10.7. The third-order valence-corrected chi connectivity index (χ3v) is 3.10. The van der Waals surface area contributed by atoms with Crippen LogP contribution in [0.15, 0.2) is 12.1 Å². The van der Waals surface area contributed by atoms with Gasteiger partial charge in [-0.3, -0.25) is 9.69 Å². The first kappa shape index (κ1) is 15.5. The average molecular weight is 265 g/mol. The summed E-state index contributed by atoms with van der Waals surface area (Å²) in [4.78, 5) is 13.1. The predicted molar refractivity (Wildman–Crippen MR) is 76.2 cm³/mol. The van der Waals surface area contributed by atoms with E-state index in [1.54, 1.807) is 21.1 Å². The summed E-state index contributed by atoms with van der Waals surface area (Å²) >= 11 is 0. The molecule has 0 spiro atoms. The maximum atomic E-state index is 11.1. The number of Topliss-reactive ketones (excluding diaryl/α,β-unsaturated/α-hetero) is 1. The Labute approximate surface area is 115 Å². The number of aryl methyl sites for hydroxylation is 1. The van der Waals surface area contributed by atoms with E-state index in [2.05, 4.69) is 0 Å². The zero-order valence-corrected chi connectivity index (χ0v) is 12.4. The first-order chi connectivity index (χ1) is 8.97. The lowest BCUT2D eigenvalue weighted by atomic mass is 10.0. The number of hydrogen-bond donors (Lipinski definition) is 0. The largest absolute Gasteiger partial charge is 0.497 e. The van der Waals surface area contributed by atoms with Crippen molar-refractivity contribution in [2.75, 3.05) is 34.4 Å². The van der Waals surface area contributed by atoms with Gasteiger partial charge in [0.25, 0.3) is 0 Å². The minimum atomic E-state index is 0.181. The van der Waals surface area contributed by atoms with Crippen molar-refractivity contribution in [3.05, 3.63) is 23.3 Å². The van der Waals surface area contributed by atoms with Gasteiger partial charge in [0.1, 0.15) is 17.3 Å². The first-order valence-electron chi connectivity index (χ1n) is 6.37. The Morgan fingerprint density at radius 3 is 2.47 bits per heavy atom. The van der Waals surface area contributed by atoms with Crippen LogP contribution in [0.1, 0.15) is 18.1 Å². The summed E-state index contributed by atoms with van der Waals surface area (Å²) in [7, 11) is 5.26. The van der Waals surface area contributed by atoms with Crippen molar-refractivity contribution in [2.24, 2.45) is 0 Å². The van der Waals surface area contributed by atoms with E-state index in [4.69, 9.17) is 9.47 Å². The van der Waals surface area contributed by atoms with Gasteiger partial charge in [0.05, 0.1) is 20.8 Å². The van der Waals surface area contributed by atoms with Crippen molar-refractivity contribution in [1.82, 2.24) is 4.90 Å². The minimum absolute atomic E-state index is 0.181. The van der Waals surface area contributed by atoms with E-state index < -0.39 is 0 Å². The number of ether oxygens (including phenoxy) is 2. The maximum Gasteiger partial charge on any atom is 0.143 e. The monoisotopic (exact) mass is 265 g/mol. The topological polar surface area (TPSA) is 38.8 Å². The summed E-state index contributed by atoms with van der Waals surface area (Å²) in [5, 5.41) is 0. The van der Waals surface area contributed by atoms with Crippen molar-refractivity contribution >= 4 is 5.78 Å². The summed E-state index contributed by atoms with van der Waals surface area (Å²) in [6.07, 6.45) is 0.850. The van der Waals surface area contributed by atoms with Crippen LogP contribution in [0.2, 0.25) is 0 Å². The zero-order chi connectivity index (χ0) is 14.4. The van der Waals surface area contributed by atoms with Gasteiger partial charge in [-0.05, 0) is 44.5 Å². The Hall–Kier alpha value is -1.55. The molecule has 0 fully saturated rings. The van der Waals surface area contributed by atoms with Crippen molar-refractivity contribution in [3.63, 3.8) is 0 Å².